The zero-order valence-electron chi connectivity index (χ0n) is 19.5. The molecule has 1 atom stereocenters. The van der Waals surface area contributed by atoms with E-state index in [1.165, 1.54) is 18.5 Å². The first kappa shape index (κ1) is 21.4. The van der Waals surface area contributed by atoms with Crippen molar-refractivity contribution in [3.63, 3.8) is 0 Å². The van der Waals surface area contributed by atoms with Crippen molar-refractivity contribution in [2.45, 2.75) is 58.7 Å². The van der Waals surface area contributed by atoms with Crippen LogP contribution in [0.5, 0.6) is 0 Å². The molecule has 1 amide bonds. The molecule has 0 unspecified atom stereocenters. The van der Waals surface area contributed by atoms with Crippen molar-refractivity contribution in [2.75, 3.05) is 22.6 Å². The van der Waals surface area contributed by atoms with Gasteiger partial charge in [0.15, 0.2) is 5.82 Å². The Bertz CT molecular complexity index is 1170. The number of likely N-dealkylation sites (N-methyl/N-ethyl adjacent to an activating group) is 1. The van der Waals surface area contributed by atoms with Crippen LogP contribution in [0.3, 0.4) is 0 Å². The lowest BCUT2D eigenvalue weighted by molar-refractivity contribution is -0.118. The zero-order chi connectivity index (χ0) is 23.1. The summed E-state index contributed by atoms with van der Waals surface area (Å²) in [5.74, 6) is 2.09. The number of hydrogen-bond acceptors (Lipinski definition) is 7. The van der Waals surface area contributed by atoms with Crippen molar-refractivity contribution in [2.24, 2.45) is 5.92 Å². The highest BCUT2D eigenvalue weighted by atomic mass is 16.2. The SMILES string of the molecule is Cc1nc(NCc2cnn(Cc3ccc(C4CC4)nc3)c2)nc2c1NC(=O)[C@H](C(C)C)N2C. The van der Waals surface area contributed by atoms with Crippen LogP contribution in [0, 0.1) is 12.8 Å². The molecule has 172 valence electrons. The third-order valence-electron chi connectivity index (χ3n) is 6.30. The fourth-order valence-electron chi connectivity index (χ4n) is 4.40. The Morgan fingerprint density at radius 2 is 2.00 bits per heavy atom. The smallest absolute Gasteiger partial charge is 0.247 e. The number of fused-ring (bicyclic) bond motifs is 1. The van der Waals surface area contributed by atoms with Gasteiger partial charge in [-0.2, -0.15) is 10.1 Å². The lowest BCUT2D eigenvalue weighted by atomic mass is 9.99. The Kier molecular flexibility index (Phi) is 5.47. The van der Waals surface area contributed by atoms with Crippen molar-refractivity contribution < 1.29 is 4.79 Å². The molecule has 4 heterocycles. The summed E-state index contributed by atoms with van der Waals surface area (Å²) in [4.78, 5) is 28.3. The summed E-state index contributed by atoms with van der Waals surface area (Å²) in [6.07, 6.45) is 8.35. The van der Waals surface area contributed by atoms with E-state index in [2.05, 4.69) is 37.8 Å². The molecule has 1 saturated carbocycles. The van der Waals surface area contributed by atoms with Gasteiger partial charge in [0.2, 0.25) is 11.9 Å². The van der Waals surface area contributed by atoms with Crippen LogP contribution in [0.4, 0.5) is 17.5 Å². The molecule has 33 heavy (non-hydrogen) atoms. The molecule has 9 nitrogen and oxygen atoms in total. The van der Waals surface area contributed by atoms with Crippen LogP contribution in [0.25, 0.3) is 0 Å². The van der Waals surface area contributed by atoms with Gasteiger partial charge in [0.25, 0.3) is 0 Å². The Balaban J connectivity index is 1.25. The van der Waals surface area contributed by atoms with Crippen molar-refractivity contribution in [1.29, 1.82) is 0 Å². The first-order chi connectivity index (χ1) is 15.9. The van der Waals surface area contributed by atoms with Gasteiger partial charge in [0.1, 0.15) is 11.7 Å². The Morgan fingerprint density at radius 3 is 2.70 bits per heavy atom. The Morgan fingerprint density at radius 1 is 1.18 bits per heavy atom. The first-order valence-electron chi connectivity index (χ1n) is 11.5. The van der Waals surface area contributed by atoms with Gasteiger partial charge in [-0.15, -0.1) is 0 Å². The molecule has 0 aromatic carbocycles. The molecule has 0 radical (unpaired) electrons. The van der Waals surface area contributed by atoms with E-state index in [4.69, 9.17) is 4.98 Å². The second kappa shape index (κ2) is 8.46. The molecule has 0 bridgehead atoms. The fourth-order valence-corrected chi connectivity index (χ4v) is 4.40. The predicted molar refractivity (Wildman–Crippen MR) is 127 cm³/mol. The first-order valence-corrected chi connectivity index (χ1v) is 11.5. The number of carbonyl (C=O) groups is 1. The van der Waals surface area contributed by atoms with Crippen LogP contribution in [0.2, 0.25) is 0 Å². The minimum atomic E-state index is -0.259. The maximum atomic E-state index is 12.5. The molecule has 1 aliphatic heterocycles. The van der Waals surface area contributed by atoms with Crippen LogP contribution < -0.4 is 15.5 Å². The molecule has 2 N–H and O–H groups in total. The molecule has 5 rings (SSSR count). The molecule has 3 aromatic heterocycles. The number of pyridine rings is 1. The highest BCUT2D eigenvalue weighted by molar-refractivity contribution is 6.03. The van der Waals surface area contributed by atoms with E-state index in [1.807, 2.05) is 56.0 Å². The van der Waals surface area contributed by atoms with Crippen molar-refractivity contribution in [3.8, 4) is 0 Å². The molecule has 0 saturated heterocycles. The second-order valence-electron chi connectivity index (χ2n) is 9.39. The summed E-state index contributed by atoms with van der Waals surface area (Å²) < 4.78 is 1.92. The number of aryl methyl sites for hydroxylation is 1. The standard InChI is InChI=1S/C24H30N8O/c1-14(2)21-23(33)29-20-15(3)28-24(30-22(20)31(21)4)26-10-17-11-27-32(13-17)12-16-5-8-19(25-9-16)18-6-7-18/h5,8-9,11,13-14,18,21H,6-7,10,12H2,1-4H3,(H,29,33)(H,26,28,30)/t21-/m0/s1. The Labute approximate surface area is 193 Å². The number of carbonyl (C=O) groups excluding carboxylic acids is 1. The number of anilines is 3. The molecule has 9 heteroatoms. The number of nitrogens with zero attached hydrogens (tertiary/aromatic N) is 6. The van der Waals surface area contributed by atoms with E-state index in [9.17, 15) is 4.79 Å². The van der Waals surface area contributed by atoms with Gasteiger partial charge in [-0.05, 0) is 37.3 Å². The number of amides is 1. The average molecular weight is 447 g/mol. The lowest BCUT2D eigenvalue weighted by Crippen LogP contribution is -2.49. The summed E-state index contributed by atoms with van der Waals surface area (Å²) in [5.41, 5.74) is 4.80. The van der Waals surface area contributed by atoms with Crippen LogP contribution in [-0.2, 0) is 17.9 Å². The summed E-state index contributed by atoms with van der Waals surface area (Å²) in [7, 11) is 1.91. The lowest BCUT2D eigenvalue weighted by Gasteiger charge is -2.36. The summed E-state index contributed by atoms with van der Waals surface area (Å²) in [5, 5.41) is 10.8. The number of nitrogens with one attached hydrogen (secondary N) is 2. The third kappa shape index (κ3) is 4.40. The molecule has 0 spiro atoms. The van der Waals surface area contributed by atoms with Gasteiger partial charge >= 0.3 is 0 Å². The summed E-state index contributed by atoms with van der Waals surface area (Å²) >= 11 is 0. The summed E-state index contributed by atoms with van der Waals surface area (Å²) in [6.45, 7) is 7.20. The van der Waals surface area contributed by atoms with Crippen LogP contribution in [0.15, 0.2) is 30.7 Å². The largest absolute Gasteiger partial charge is 0.350 e. The van der Waals surface area contributed by atoms with Gasteiger partial charge < -0.3 is 15.5 Å². The van der Waals surface area contributed by atoms with Crippen LogP contribution in [-0.4, -0.2) is 43.7 Å². The van der Waals surface area contributed by atoms with Gasteiger partial charge in [0.05, 0.1) is 18.4 Å². The quantitative estimate of drug-likeness (QED) is 0.574. The number of hydrogen-bond donors (Lipinski definition) is 2. The molecule has 3 aromatic rings. The molecule has 1 aliphatic carbocycles. The topological polar surface area (TPSA) is 101 Å². The highest BCUT2D eigenvalue weighted by Gasteiger charge is 2.35. The predicted octanol–water partition coefficient (Wildman–Crippen LogP) is 3.33. The van der Waals surface area contributed by atoms with Gasteiger partial charge in [-0.3, -0.25) is 14.5 Å². The van der Waals surface area contributed by atoms with Crippen molar-refractivity contribution in [1.82, 2.24) is 24.7 Å². The van der Waals surface area contributed by atoms with E-state index in [0.717, 1.165) is 22.6 Å². The number of rotatable bonds is 7. The maximum absolute atomic E-state index is 12.5. The minimum absolute atomic E-state index is 0.0165. The normalized spacial score (nSPS) is 17.8. The van der Waals surface area contributed by atoms with E-state index in [0.29, 0.717) is 30.6 Å². The summed E-state index contributed by atoms with van der Waals surface area (Å²) in [6, 6.07) is 4.02. The molecule has 1 fully saturated rings. The average Bonchev–Trinajstić information content (AvgIpc) is 3.53. The van der Waals surface area contributed by atoms with Gasteiger partial charge in [-0.25, -0.2) is 4.98 Å². The van der Waals surface area contributed by atoms with Crippen LogP contribution in [0.1, 0.15) is 55.1 Å². The van der Waals surface area contributed by atoms with Crippen molar-refractivity contribution in [3.05, 3.63) is 53.2 Å². The molecular weight excluding hydrogens is 416 g/mol. The van der Waals surface area contributed by atoms with E-state index in [-0.39, 0.29) is 17.9 Å². The maximum Gasteiger partial charge on any atom is 0.247 e. The van der Waals surface area contributed by atoms with Crippen LogP contribution >= 0.6 is 0 Å². The fraction of sp³-hybridized carbons (Fsp3) is 0.458. The van der Waals surface area contributed by atoms with E-state index < -0.39 is 0 Å². The van der Waals surface area contributed by atoms with E-state index in [1.54, 1.807) is 0 Å². The van der Waals surface area contributed by atoms with Crippen molar-refractivity contribution >= 4 is 23.4 Å². The van der Waals surface area contributed by atoms with Gasteiger partial charge in [0, 0.05) is 43.2 Å². The monoisotopic (exact) mass is 446 g/mol. The third-order valence-corrected chi connectivity index (χ3v) is 6.30. The molecule has 2 aliphatic rings. The molecular formula is C24H30N8O. The van der Waals surface area contributed by atoms with E-state index >= 15 is 0 Å². The van der Waals surface area contributed by atoms with Gasteiger partial charge in [-0.1, -0.05) is 19.9 Å². The second-order valence-corrected chi connectivity index (χ2v) is 9.39. The zero-order valence-corrected chi connectivity index (χ0v) is 19.5. The number of aromatic nitrogens is 5. The minimum Gasteiger partial charge on any atom is -0.350 e. The Hall–Kier alpha value is -3.49. The highest BCUT2D eigenvalue weighted by Crippen LogP contribution is 2.38.